The summed E-state index contributed by atoms with van der Waals surface area (Å²) < 4.78 is 30.5. The predicted octanol–water partition coefficient (Wildman–Crippen LogP) is 12.2. The van der Waals surface area contributed by atoms with Crippen molar-refractivity contribution in [3.8, 4) is 45.1 Å². The second-order valence-corrected chi connectivity index (χ2v) is 12.3. The molecule has 0 N–H and O–H groups in total. The fourth-order valence-corrected chi connectivity index (χ4v) is 7.34. The van der Waals surface area contributed by atoms with Gasteiger partial charge in [-0.25, -0.2) is 8.78 Å². The summed E-state index contributed by atoms with van der Waals surface area (Å²) in [5.74, 6) is -0.572. The monoisotopic (exact) mass is 632 g/mol. The van der Waals surface area contributed by atoms with Crippen LogP contribution in [0.25, 0.3) is 82.4 Å². The van der Waals surface area contributed by atoms with Crippen molar-refractivity contribution in [3.63, 3.8) is 0 Å². The van der Waals surface area contributed by atoms with Crippen LogP contribution < -0.4 is 0 Å². The van der Waals surface area contributed by atoms with Gasteiger partial charge < -0.3 is 4.57 Å². The van der Waals surface area contributed by atoms with Crippen LogP contribution in [0.3, 0.4) is 0 Å². The molecule has 0 saturated heterocycles. The topological polar surface area (TPSA) is 28.7 Å². The molecule has 4 heteroatoms. The summed E-state index contributed by atoms with van der Waals surface area (Å²) in [6.07, 6.45) is 0. The maximum Gasteiger partial charge on any atom is 0.123 e. The van der Waals surface area contributed by atoms with Gasteiger partial charge in [0.15, 0.2) is 0 Å². The number of nitrogens with zero attached hydrogens (tertiary/aromatic N) is 2. The third kappa shape index (κ3) is 4.67. The first-order valence-electron chi connectivity index (χ1n) is 16.1. The van der Waals surface area contributed by atoms with Gasteiger partial charge in [-0.3, -0.25) is 0 Å². The quantitative estimate of drug-likeness (QED) is 0.178. The number of halogens is 2. The van der Waals surface area contributed by atoms with Crippen molar-refractivity contribution in [2.24, 2.45) is 0 Å². The van der Waals surface area contributed by atoms with Crippen LogP contribution in [0.4, 0.5) is 8.78 Å². The highest BCUT2D eigenvalue weighted by Gasteiger charge is 2.19. The Morgan fingerprint density at radius 1 is 0.408 bits per heavy atom. The maximum atomic E-state index is 14.2. The lowest BCUT2D eigenvalue weighted by Gasteiger charge is -2.19. The summed E-state index contributed by atoms with van der Waals surface area (Å²) in [5.41, 5.74) is 9.67. The Balaban J connectivity index is 1.34. The van der Waals surface area contributed by atoms with Crippen LogP contribution in [-0.4, -0.2) is 4.57 Å². The van der Waals surface area contributed by atoms with Gasteiger partial charge >= 0.3 is 0 Å². The molecule has 230 valence electrons. The van der Waals surface area contributed by atoms with Crippen molar-refractivity contribution in [1.29, 1.82) is 5.26 Å². The minimum Gasteiger partial charge on any atom is -0.309 e. The number of aromatic nitrogens is 1. The van der Waals surface area contributed by atoms with Crippen molar-refractivity contribution in [2.75, 3.05) is 0 Å². The molecule has 0 spiro atoms. The molecule has 0 atom stereocenters. The van der Waals surface area contributed by atoms with Gasteiger partial charge in [0.05, 0.1) is 22.7 Å². The SMILES string of the molecule is N#Cc1ccc2c(c1)c1cc(-c3ccc4c(-c5ccc(F)cc5)c5ccccc5c(-c5ccc(F)cc5)c4c3)ccc1n2-c1ccccc1. The summed E-state index contributed by atoms with van der Waals surface area (Å²) in [5, 5.41) is 15.9. The van der Waals surface area contributed by atoms with E-state index in [4.69, 9.17) is 0 Å². The summed E-state index contributed by atoms with van der Waals surface area (Å²) in [6, 6.07) is 53.0. The largest absolute Gasteiger partial charge is 0.309 e. The number of benzene rings is 8. The summed E-state index contributed by atoms with van der Waals surface area (Å²) >= 11 is 0. The van der Waals surface area contributed by atoms with Gasteiger partial charge in [-0.1, -0.05) is 84.9 Å². The predicted molar refractivity (Wildman–Crippen MR) is 197 cm³/mol. The molecule has 9 rings (SSSR count). The minimum atomic E-state index is -0.288. The lowest BCUT2D eigenvalue weighted by molar-refractivity contribution is 0.627. The molecule has 1 heterocycles. The Hall–Kier alpha value is -6.57. The highest BCUT2D eigenvalue weighted by molar-refractivity contribution is 6.22. The first kappa shape index (κ1) is 28.6. The van der Waals surface area contributed by atoms with E-state index in [1.807, 2.05) is 72.8 Å². The molecule has 1 aromatic heterocycles. The zero-order chi connectivity index (χ0) is 33.1. The average molecular weight is 633 g/mol. The molecule has 0 radical (unpaired) electrons. The first-order valence-corrected chi connectivity index (χ1v) is 16.1. The van der Waals surface area contributed by atoms with Crippen molar-refractivity contribution < 1.29 is 8.78 Å². The molecule has 2 nitrogen and oxygen atoms in total. The van der Waals surface area contributed by atoms with E-state index in [-0.39, 0.29) is 11.6 Å². The van der Waals surface area contributed by atoms with Crippen LogP contribution in [0.15, 0.2) is 158 Å². The van der Waals surface area contributed by atoms with Crippen molar-refractivity contribution in [3.05, 3.63) is 175 Å². The van der Waals surface area contributed by atoms with Gasteiger partial charge in [0, 0.05) is 16.5 Å². The van der Waals surface area contributed by atoms with Crippen LogP contribution in [0.5, 0.6) is 0 Å². The van der Waals surface area contributed by atoms with Crippen molar-refractivity contribution in [2.45, 2.75) is 0 Å². The van der Waals surface area contributed by atoms with Crippen LogP contribution in [0.2, 0.25) is 0 Å². The van der Waals surface area contributed by atoms with Gasteiger partial charge in [-0.05, 0) is 128 Å². The molecule has 0 bridgehead atoms. The second kappa shape index (κ2) is 11.3. The zero-order valence-electron chi connectivity index (χ0n) is 26.2. The molecule has 8 aromatic carbocycles. The highest BCUT2D eigenvalue weighted by atomic mass is 19.1. The van der Waals surface area contributed by atoms with E-state index in [1.165, 1.54) is 24.3 Å². The second-order valence-electron chi connectivity index (χ2n) is 12.3. The zero-order valence-corrected chi connectivity index (χ0v) is 26.2. The normalized spacial score (nSPS) is 11.4. The van der Waals surface area contributed by atoms with Gasteiger partial charge in [-0.2, -0.15) is 5.26 Å². The van der Waals surface area contributed by atoms with E-state index >= 15 is 0 Å². The average Bonchev–Trinajstić information content (AvgIpc) is 3.48. The van der Waals surface area contributed by atoms with Gasteiger partial charge in [0.1, 0.15) is 11.6 Å². The Morgan fingerprint density at radius 2 is 0.878 bits per heavy atom. The molecular formula is C45H26F2N2. The van der Waals surface area contributed by atoms with Crippen LogP contribution >= 0.6 is 0 Å². The smallest absolute Gasteiger partial charge is 0.123 e. The fourth-order valence-electron chi connectivity index (χ4n) is 7.34. The summed E-state index contributed by atoms with van der Waals surface area (Å²) in [6.45, 7) is 0. The maximum absolute atomic E-state index is 14.2. The molecule has 9 aromatic rings. The van der Waals surface area contributed by atoms with E-state index in [1.54, 1.807) is 0 Å². The lowest BCUT2D eigenvalue weighted by Crippen LogP contribution is -1.93. The first-order chi connectivity index (χ1) is 24.1. The van der Waals surface area contributed by atoms with Crippen LogP contribution in [0, 0.1) is 23.0 Å². The Labute approximate surface area is 281 Å². The highest BCUT2D eigenvalue weighted by Crippen LogP contribution is 2.45. The third-order valence-electron chi connectivity index (χ3n) is 9.53. The molecule has 0 saturated carbocycles. The fraction of sp³-hybridized carbons (Fsp3) is 0. The number of hydrogen-bond acceptors (Lipinski definition) is 1. The number of fused-ring (bicyclic) bond motifs is 5. The molecule has 0 fully saturated rings. The Kier molecular flexibility index (Phi) is 6.60. The summed E-state index contributed by atoms with van der Waals surface area (Å²) in [4.78, 5) is 0. The van der Waals surface area contributed by atoms with E-state index in [0.29, 0.717) is 5.56 Å². The molecule has 0 amide bonds. The van der Waals surface area contributed by atoms with Gasteiger partial charge in [0.2, 0.25) is 0 Å². The standard InChI is InChI=1S/C45H26F2N2/c46-33-17-11-29(12-18-33)44-36-8-4-5-9-37(36)45(30-13-19-34(47)20-14-30)41-26-31(15-21-38(41)44)32-16-23-43-40(25-32)39-24-28(27-48)10-22-42(39)49(43)35-6-2-1-3-7-35/h1-26H. The van der Waals surface area contributed by atoms with E-state index in [2.05, 4.69) is 71.3 Å². The number of rotatable bonds is 4. The number of hydrogen-bond donors (Lipinski definition) is 0. The van der Waals surface area contributed by atoms with Gasteiger partial charge in [-0.15, -0.1) is 0 Å². The van der Waals surface area contributed by atoms with E-state index < -0.39 is 0 Å². The molecular weight excluding hydrogens is 607 g/mol. The lowest BCUT2D eigenvalue weighted by atomic mass is 9.85. The van der Waals surface area contributed by atoms with Crippen LogP contribution in [0.1, 0.15) is 5.56 Å². The van der Waals surface area contributed by atoms with Gasteiger partial charge in [0.25, 0.3) is 0 Å². The van der Waals surface area contributed by atoms with Crippen molar-refractivity contribution in [1.82, 2.24) is 4.57 Å². The molecule has 0 aliphatic heterocycles. The number of nitriles is 1. The number of para-hydroxylation sites is 1. The molecule has 0 aliphatic carbocycles. The van der Waals surface area contributed by atoms with Crippen molar-refractivity contribution >= 4 is 43.4 Å². The Morgan fingerprint density at radius 3 is 1.49 bits per heavy atom. The molecule has 0 aliphatic rings. The summed E-state index contributed by atoms with van der Waals surface area (Å²) in [7, 11) is 0. The Bertz CT molecular complexity index is 2770. The van der Waals surface area contributed by atoms with Crippen LogP contribution in [-0.2, 0) is 0 Å². The van der Waals surface area contributed by atoms with E-state index in [0.717, 1.165) is 82.4 Å². The minimum absolute atomic E-state index is 0.284. The molecule has 49 heavy (non-hydrogen) atoms. The molecule has 0 unspecified atom stereocenters. The van der Waals surface area contributed by atoms with E-state index in [9.17, 15) is 14.0 Å². The third-order valence-corrected chi connectivity index (χ3v) is 9.53.